The molecular formula is C13H16N2S. The van der Waals surface area contributed by atoms with Gasteiger partial charge in [-0.1, -0.05) is 31.5 Å². The largest absolute Gasteiger partial charge is 0.337 e. The van der Waals surface area contributed by atoms with Gasteiger partial charge in [0, 0.05) is 11.9 Å². The van der Waals surface area contributed by atoms with E-state index in [9.17, 15) is 0 Å². The second-order valence-corrected chi connectivity index (χ2v) is 4.34. The molecule has 0 radical (unpaired) electrons. The van der Waals surface area contributed by atoms with Crippen LogP contribution >= 0.6 is 12.2 Å². The second kappa shape index (κ2) is 4.66. The molecule has 0 bridgehead atoms. The van der Waals surface area contributed by atoms with Gasteiger partial charge in [-0.2, -0.15) is 0 Å². The van der Waals surface area contributed by atoms with Crippen molar-refractivity contribution in [2.45, 2.75) is 26.7 Å². The van der Waals surface area contributed by atoms with E-state index in [0.717, 1.165) is 23.3 Å². The molecule has 0 unspecified atom stereocenters. The summed E-state index contributed by atoms with van der Waals surface area (Å²) in [5.74, 6) is 0. The van der Waals surface area contributed by atoms with Gasteiger partial charge in [0.15, 0.2) is 4.77 Å². The van der Waals surface area contributed by atoms with Crippen LogP contribution in [0.2, 0.25) is 0 Å². The number of aromatic nitrogens is 2. The maximum absolute atomic E-state index is 5.31. The minimum atomic E-state index is 0.765. The van der Waals surface area contributed by atoms with Crippen LogP contribution in [-0.2, 0) is 6.42 Å². The maximum Gasteiger partial charge on any atom is 0.182 e. The minimum absolute atomic E-state index is 0.765. The van der Waals surface area contributed by atoms with E-state index in [1.165, 1.54) is 11.3 Å². The summed E-state index contributed by atoms with van der Waals surface area (Å²) >= 11 is 5.31. The van der Waals surface area contributed by atoms with E-state index < -0.39 is 0 Å². The zero-order chi connectivity index (χ0) is 11.5. The number of benzene rings is 1. The predicted octanol–water partition coefficient (Wildman–Crippen LogP) is 3.80. The van der Waals surface area contributed by atoms with Crippen LogP contribution in [0.1, 0.15) is 24.6 Å². The second-order valence-electron chi connectivity index (χ2n) is 3.95. The number of nitrogens with one attached hydrogen (secondary N) is 1. The third kappa shape index (κ3) is 1.95. The highest BCUT2D eigenvalue weighted by Crippen LogP contribution is 2.18. The van der Waals surface area contributed by atoms with Crippen molar-refractivity contribution in [1.29, 1.82) is 0 Å². The van der Waals surface area contributed by atoms with E-state index in [0.29, 0.717) is 0 Å². The number of imidazole rings is 1. The van der Waals surface area contributed by atoms with Crippen molar-refractivity contribution in [1.82, 2.24) is 9.55 Å². The van der Waals surface area contributed by atoms with Crippen LogP contribution in [0.15, 0.2) is 30.5 Å². The lowest BCUT2D eigenvalue weighted by atomic mass is 10.1. The Hall–Kier alpha value is -1.35. The Bertz CT molecular complexity index is 537. The van der Waals surface area contributed by atoms with E-state index in [1.807, 2.05) is 6.20 Å². The topological polar surface area (TPSA) is 20.7 Å². The normalized spacial score (nSPS) is 10.6. The summed E-state index contributed by atoms with van der Waals surface area (Å²) in [5, 5.41) is 0. The summed E-state index contributed by atoms with van der Waals surface area (Å²) in [7, 11) is 0. The zero-order valence-corrected chi connectivity index (χ0v) is 10.5. The molecule has 0 aliphatic heterocycles. The molecule has 0 fully saturated rings. The Morgan fingerprint density at radius 2 is 2.06 bits per heavy atom. The fraction of sp³-hybridized carbons (Fsp3) is 0.308. The Kier molecular flexibility index (Phi) is 3.25. The SMILES string of the molecule is CCCc1ccccc1-n1c(C)c[nH]c1=S. The molecule has 2 rings (SSSR count). The monoisotopic (exact) mass is 232 g/mol. The molecule has 0 saturated carbocycles. The molecule has 2 nitrogen and oxygen atoms in total. The van der Waals surface area contributed by atoms with Crippen LogP contribution in [0.4, 0.5) is 0 Å². The van der Waals surface area contributed by atoms with Gasteiger partial charge in [-0.15, -0.1) is 0 Å². The van der Waals surface area contributed by atoms with E-state index in [4.69, 9.17) is 12.2 Å². The highest BCUT2D eigenvalue weighted by molar-refractivity contribution is 7.71. The summed E-state index contributed by atoms with van der Waals surface area (Å²) < 4.78 is 2.86. The highest BCUT2D eigenvalue weighted by Gasteiger charge is 2.06. The van der Waals surface area contributed by atoms with Gasteiger partial charge in [0.25, 0.3) is 0 Å². The van der Waals surface area contributed by atoms with Gasteiger partial charge in [-0.3, -0.25) is 4.57 Å². The molecule has 16 heavy (non-hydrogen) atoms. The molecule has 1 N–H and O–H groups in total. The zero-order valence-electron chi connectivity index (χ0n) is 9.66. The molecule has 1 aromatic heterocycles. The van der Waals surface area contributed by atoms with Crippen molar-refractivity contribution in [3.8, 4) is 5.69 Å². The molecular weight excluding hydrogens is 216 g/mol. The molecule has 0 saturated heterocycles. The van der Waals surface area contributed by atoms with Gasteiger partial charge in [0.1, 0.15) is 0 Å². The third-order valence-corrected chi connectivity index (χ3v) is 3.01. The fourth-order valence-corrected chi connectivity index (χ4v) is 2.27. The number of para-hydroxylation sites is 1. The number of hydrogen-bond acceptors (Lipinski definition) is 1. The van der Waals surface area contributed by atoms with Gasteiger partial charge in [-0.05, 0) is 37.2 Å². The molecule has 0 spiro atoms. The number of aryl methyl sites for hydroxylation is 2. The van der Waals surface area contributed by atoms with Crippen LogP contribution < -0.4 is 0 Å². The number of nitrogens with zero attached hydrogens (tertiary/aromatic N) is 1. The van der Waals surface area contributed by atoms with Crippen LogP contribution in [-0.4, -0.2) is 9.55 Å². The smallest absolute Gasteiger partial charge is 0.182 e. The Balaban J connectivity index is 2.60. The third-order valence-electron chi connectivity index (χ3n) is 2.71. The summed E-state index contributed by atoms with van der Waals surface area (Å²) in [6.45, 7) is 4.26. The molecule has 0 amide bonds. The lowest BCUT2D eigenvalue weighted by molar-refractivity contribution is 0.885. The molecule has 1 heterocycles. The maximum atomic E-state index is 5.31. The number of H-pyrrole nitrogens is 1. The standard InChI is InChI=1S/C13H16N2S/c1-3-6-11-7-4-5-8-12(11)15-10(2)9-14-13(15)16/h4-5,7-9H,3,6H2,1-2H3,(H,14,16). The van der Waals surface area contributed by atoms with Crippen LogP contribution in [0.25, 0.3) is 5.69 Å². The number of aromatic amines is 1. The summed E-state index contributed by atoms with van der Waals surface area (Å²) in [6, 6.07) is 8.44. The molecule has 84 valence electrons. The number of hydrogen-bond donors (Lipinski definition) is 1. The average Bonchev–Trinajstić information content (AvgIpc) is 2.60. The van der Waals surface area contributed by atoms with E-state index in [1.54, 1.807) is 0 Å². The molecule has 3 heteroatoms. The number of rotatable bonds is 3. The van der Waals surface area contributed by atoms with Gasteiger partial charge >= 0.3 is 0 Å². The molecule has 1 aromatic carbocycles. The van der Waals surface area contributed by atoms with Crippen molar-refractivity contribution < 1.29 is 0 Å². The molecule has 0 atom stereocenters. The molecule has 2 aromatic rings. The van der Waals surface area contributed by atoms with Crippen molar-refractivity contribution in [3.05, 3.63) is 46.5 Å². The van der Waals surface area contributed by atoms with Crippen LogP contribution in [0, 0.1) is 11.7 Å². The Morgan fingerprint density at radius 3 is 2.69 bits per heavy atom. The van der Waals surface area contributed by atoms with Gasteiger partial charge < -0.3 is 4.98 Å². The van der Waals surface area contributed by atoms with Crippen LogP contribution in [0.3, 0.4) is 0 Å². The van der Waals surface area contributed by atoms with Crippen molar-refractivity contribution in [2.75, 3.05) is 0 Å². The van der Waals surface area contributed by atoms with Gasteiger partial charge in [0.2, 0.25) is 0 Å². The Labute approximate surface area is 101 Å². The van der Waals surface area contributed by atoms with E-state index >= 15 is 0 Å². The van der Waals surface area contributed by atoms with Crippen molar-refractivity contribution in [3.63, 3.8) is 0 Å². The minimum Gasteiger partial charge on any atom is -0.337 e. The first kappa shape index (κ1) is 11.1. The summed E-state index contributed by atoms with van der Waals surface area (Å²) in [4.78, 5) is 3.08. The average molecular weight is 232 g/mol. The summed E-state index contributed by atoms with van der Waals surface area (Å²) in [6.07, 6.45) is 4.18. The first-order valence-electron chi connectivity index (χ1n) is 5.59. The highest BCUT2D eigenvalue weighted by atomic mass is 32.1. The van der Waals surface area contributed by atoms with Crippen molar-refractivity contribution in [2.24, 2.45) is 0 Å². The van der Waals surface area contributed by atoms with E-state index in [2.05, 4.69) is 47.7 Å². The van der Waals surface area contributed by atoms with Crippen molar-refractivity contribution >= 4 is 12.2 Å². The molecule has 0 aliphatic rings. The first-order valence-corrected chi connectivity index (χ1v) is 6.00. The Morgan fingerprint density at radius 1 is 1.31 bits per heavy atom. The lowest BCUT2D eigenvalue weighted by Gasteiger charge is -2.11. The summed E-state index contributed by atoms with van der Waals surface area (Å²) in [5.41, 5.74) is 3.70. The van der Waals surface area contributed by atoms with Crippen LogP contribution in [0.5, 0.6) is 0 Å². The van der Waals surface area contributed by atoms with Gasteiger partial charge in [-0.25, -0.2) is 0 Å². The quantitative estimate of drug-likeness (QED) is 0.798. The predicted molar refractivity (Wildman–Crippen MR) is 69.7 cm³/mol. The van der Waals surface area contributed by atoms with Gasteiger partial charge in [0.05, 0.1) is 5.69 Å². The van der Waals surface area contributed by atoms with E-state index in [-0.39, 0.29) is 0 Å². The fourth-order valence-electron chi connectivity index (χ4n) is 1.96. The first-order chi connectivity index (χ1) is 7.74. The molecule has 0 aliphatic carbocycles. The lowest BCUT2D eigenvalue weighted by Crippen LogP contribution is -2.01.